The standard InChI is InChI=1S/C19H24N4O2/c1-14-7-10-23(11-8-14)17-6-5-15(12-21-17)13-22-18(24)16-4-3-9-20-19(16)25-2/h3-6,9,12,14H,7-8,10-11,13H2,1-2H3,(H,22,24). The van der Waals surface area contributed by atoms with Gasteiger partial charge in [0.2, 0.25) is 5.88 Å². The molecule has 0 spiro atoms. The number of hydrogen-bond acceptors (Lipinski definition) is 5. The van der Waals surface area contributed by atoms with Crippen LogP contribution in [0.25, 0.3) is 0 Å². The molecule has 0 atom stereocenters. The monoisotopic (exact) mass is 340 g/mol. The van der Waals surface area contributed by atoms with Gasteiger partial charge < -0.3 is 15.0 Å². The number of hydrogen-bond donors (Lipinski definition) is 1. The molecule has 1 aliphatic rings. The third-order valence-corrected chi connectivity index (χ3v) is 4.58. The summed E-state index contributed by atoms with van der Waals surface area (Å²) in [4.78, 5) is 23.2. The molecule has 1 saturated heterocycles. The van der Waals surface area contributed by atoms with Crippen molar-refractivity contribution < 1.29 is 9.53 Å². The van der Waals surface area contributed by atoms with Gasteiger partial charge in [-0.15, -0.1) is 0 Å². The highest BCUT2D eigenvalue weighted by molar-refractivity contribution is 5.96. The first kappa shape index (κ1) is 17.2. The number of carbonyl (C=O) groups excluding carboxylic acids is 1. The second-order valence-corrected chi connectivity index (χ2v) is 6.44. The summed E-state index contributed by atoms with van der Waals surface area (Å²) in [5, 5.41) is 2.88. The fourth-order valence-corrected chi connectivity index (χ4v) is 2.95. The number of piperidine rings is 1. The summed E-state index contributed by atoms with van der Waals surface area (Å²) in [6.45, 7) is 4.84. The van der Waals surface area contributed by atoms with Crippen LogP contribution in [0.2, 0.25) is 0 Å². The normalized spacial score (nSPS) is 15.0. The van der Waals surface area contributed by atoms with Gasteiger partial charge in [-0.05, 0) is 42.5 Å². The van der Waals surface area contributed by atoms with Gasteiger partial charge in [0.1, 0.15) is 11.4 Å². The lowest BCUT2D eigenvalue weighted by molar-refractivity contribution is 0.0947. The zero-order chi connectivity index (χ0) is 17.6. The fraction of sp³-hybridized carbons (Fsp3) is 0.421. The molecule has 1 aliphatic heterocycles. The largest absolute Gasteiger partial charge is 0.480 e. The summed E-state index contributed by atoms with van der Waals surface area (Å²) < 4.78 is 5.12. The Bertz CT molecular complexity index is 710. The molecule has 1 fully saturated rings. The second-order valence-electron chi connectivity index (χ2n) is 6.44. The summed E-state index contributed by atoms with van der Waals surface area (Å²) in [6, 6.07) is 7.45. The molecule has 1 N–H and O–H groups in total. The van der Waals surface area contributed by atoms with Crippen molar-refractivity contribution in [1.29, 1.82) is 0 Å². The Labute approximate surface area is 148 Å². The fourth-order valence-electron chi connectivity index (χ4n) is 2.95. The van der Waals surface area contributed by atoms with Crippen molar-refractivity contribution in [2.75, 3.05) is 25.1 Å². The molecule has 0 aliphatic carbocycles. The molecule has 1 amide bonds. The molecular formula is C19H24N4O2. The number of ether oxygens (including phenoxy) is 1. The van der Waals surface area contributed by atoms with Gasteiger partial charge in [-0.3, -0.25) is 4.79 Å². The summed E-state index contributed by atoms with van der Waals surface area (Å²) in [7, 11) is 1.50. The van der Waals surface area contributed by atoms with Crippen LogP contribution in [0.4, 0.5) is 5.82 Å². The lowest BCUT2D eigenvalue weighted by Gasteiger charge is -2.31. The van der Waals surface area contributed by atoms with Crippen LogP contribution in [-0.4, -0.2) is 36.1 Å². The number of methoxy groups -OCH3 is 1. The molecule has 3 heterocycles. The van der Waals surface area contributed by atoms with Crippen LogP contribution in [0, 0.1) is 5.92 Å². The number of carbonyl (C=O) groups is 1. The maximum absolute atomic E-state index is 12.3. The SMILES string of the molecule is COc1ncccc1C(=O)NCc1ccc(N2CCC(C)CC2)nc1. The van der Waals surface area contributed by atoms with E-state index in [1.54, 1.807) is 18.3 Å². The van der Waals surface area contributed by atoms with Crippen LogP contribution >= 0.6 is 0 Å². The van der Waals surface area contributed by atoms with Crippen LogP contribution in [0.15, 0.2) is 36.7 Å². The third kappa shape index (κ3) is 4.26. The number of rotatable bonds is 5. The van der Waals surface area contributed by atoms with Gasteiger partial charge in [0.25, 0.3) is 5.91 Å². The predicted octanol–water partition coefficient (Wildman–Crippen LogP) is 2.65. The number of nitrogens with zero attached hydrogens (tertiary/aromatic N) is 3. The van der Waals surface area contributed by atoms with Crippen molar-refractivity contribution in [2.24, 2.45) is 5.92 Å². The van der Waals surface area contributed by atoms with E-state index in [-0.39, 0.29) is 5.91 Å². The number of anilines is 1. The maximum Gasteiger partial charge on any atom is 0.257 e. The molecule has 2 aromatic rings. The highest BCUT2D eigenvalue weighted by atomic mass is 16.5. The van der Waals surface area contributed by atoms with Crippen molar-refractivity contribution >= 4 is 11.7 Å². The van der Waals surface area contributed by atoms with Crippen LogP contribution in [-0.2, 0) is 6.54 Å². The van der Waals surface area contributed by atoms with Gasteiger partial charge in [-0.25, -0.2) is 9.97 Å². The van der Waals surface area contributed by atoms with Crippen LogP contribution < -0.4 is 15.0 Å². The smallest absolute Gasteiger partial charge is 0.257 e. The molecule has 2 aromatic heterocycles. The van der Waals surface area contributed by atoms with Crippen molar-refractivity contribution in [1.82, 2.24) is 15.3 Å². The molecule has 6 heteroatoms. The third-order valence-electron chi connectivity index (χ3n) is 4.58. The molecule has 0 saturated carbocycles. The van der Waals surface area contributed by atoms with E-state index in [0.717, 1.165) is 30.4 Å². The van der Waals surface area contributed by atoms with Crippen LogP contribution in [0.3, 0.4) is 0 Å². The maximum atomic E-state index is 12.3. The average Bonchev–Trinajstić information content (AvgIpc) is 2.67. The van der Waals surface area contributed by atoms with Crippen LogP contribution in [0.1, 0.15) is 35.7 Å². The zero-order valence-corrected chi connectivity index (χ0v) is 14.7. The molecule has 25 heavy (non-hydrogen) atoms. The van der Waals surface area contributed by atoms with Gasteiger partial charge in [0.15, 0.2) is 0 Å². The lowest BCUT2D eigenvalue weighted by atomic mass is 9.99. The molecule has 6 nitrogen and oxygen atoms in total. The summed E-state index contributed by atoms with van der Waals surface area (Å²) >= 11 is 0. The number of nitrogens with one attached hydrogen (secondary N) is 1. The first-order valence-electron chi connectivity index (χ1n) is 8.64. The minimum absolute atomic E-state index is 0.209. The summed E-state index contributed by atoms with van der Waals surface area (Å²) in [5.41, 5.74) is 1.39. The minimum Gasteiger partial charge on any atom is -0.480 e. The topological polar surface area (TPSA) is 67.3 Å². The molecule has 0 aromatic carbocycles. The Kier molecular flexibility index (Phi) is 5.48. The lowest BCUT2D eigenvalue weighted by Crippen LogP contribution is -2.33. The Morgan fingerprint density at radius 1 is 1.28 bits per heavy atom. The Balaban J connectivity index is 1.57. The van der Waals surface area contributed by atoms with Gasteiger partial charge in [0, 0.05) is 32.0 Å². The Hall–Kier alpha value is -2.63. The van der Waals surface area contributed by atoms with Crippen LogP contribution in [0.5, 0.6) is 5.88 Å². The Morgan fingerprint density at radius 2 is 2.08 bits per heavy atom. The van der Waals surface area contributed by atoms with Crippen molar-refractivity contribution in [3.05, 3.63) is 47.8 Å². The zero-order valence-electron chi connectivity index (χ0n) is 14.7. The van der Waals surface area contributed by atoms with E-state index in [1.807, 2.05) is 18.3 Å². The highest BCUT2D eigenvalue weighted by Crippen LogP contribution is 2.21. The van der Waals surface area contributed by atoms with E-state index < -0.39 is 0 Å². The molecule has 3 rings (SSSR count). The van der Waals surface area contributed by atoms with Gasteiger partial charge in [0.05, 0.1) is 7.11 Å². The first-order chi connectivity index (χ1) is 12.2. The molecule has 132 valence electrons. The van der Waals surface area contributed by atoms with E-state index in [1.165, 1.54) is 20.0 Å². The number of aromatic nitrogens is 2. The Morgan fingerprint density at radius 3 is 2.76 bits per heavy atom. The molecule has 0 bridgehead atoms. The van der Waals surface area contributed by atoms with Gasteiger partial charge in [-0.1, -0.05) is 13.0 Å². The van der Waals surface area contributed by atoms with Crippen molar-refractivity contribution in [2.45, 2.75) is 26.3 Å². The molecule has 0 radical (unpaired) electrons. The van der Waals surface area contributed by atoms with E-state index in [0.29, 0.717) is 18.0 Å². The van der Waals surface area contributed by atoms with E-state index >= 15 is 0 Å². The predicted molar refractivity (Wildman–Crippen MR) is 96.8 cm³/mol. The molecular weight excluding hydrogens is 316 g/mol. The summed E-state index contributed by atoms with van der Waals surface area (Å²) in [6.07, 6.45) is 5.85. The summed E-state index contributed by atoms with van der Waals surface area (Å²) in [5.74, 6) is 1.93. The quantitative estimate of drug-likeness (QED) is 0.906. The number of amides is 1. The van der Waals surface area contributed by atoms with Crippen molar-refractivity contribution in [3.63, 3.8) is 0 Å². The van der Waals surface area contributed by atoms with E-state index in [4.69, 9.17) is 4.74 Å². The average molecular weight is 340 g/mol. The second kappa shape index (κ2) is 7.96. The minimum atomic E-state index is -0.209. The van der Waals surface area contributed by atoms with Gasteiger partial charge >= 0.3 is 0 Å². The van der Waals surface area contributed by atoms with Gasteiger partial charge in [-0.2, -0.15) is 0 Å². The first-order valence-corrected chi connectivity index (χ1v) is 8.64. The van der Waals surface area contributed by atoms with E-state index in [2.05, 4.69) is 27.1 Å². The number of pyridine rings is 2. The van der Waals surface area contributed by atoms with Crippen molar-refractivity contribution in [3.8, 4) is 5.88 Å². The van der Waals surface area contributed by atoms with E-state index in [9.17, 15) is 4.79 Å². The molecule has 0 unspecified atom stereocenters. The highest BCUT2D eigenvalue weighted by Gasteiger charge is 2.17.